The fourth-order valence-electron chi connectivity index (χ4n) is 2.54. The van der Waals surface area contributed by atoms with Crippen molar-refractivity contribution in [3.8, 4) is 0 Å². The Morgan fingerprint density at radius 1 is 1.04 bits per heavy atom. The molecule has 0 saturated carbocycles. The van der Waals surface area contributed by atoms with E-state index in [1.54, 1.807) is 18.2 Å². The van der Waals surface area contributed by atoms with Gasteiger partial charge in [0.05, 0.1) is 16.4 Å². The molecule has 0 bridgehead atoms. The van der Waals surface area contributed by atoms with Crippen LogP contribution in [0.25, 0.3) is 6.08 Å². The first kappa shape index (κ1) is 17.9. The molecule has 0 N–H and O–H groups in total. The van der Waals surface area contributed by atoms with Crippen molar-refractivity contribution in [2.45, 2.75) is 19.9 Å². The molecule has 6 nitrogen and oxygen atoms in total. The van der Waals surface area contributed by atoms with Gasteiger partial charge in [0.1, 0.15) is 0 Å². The number of benzene rings is 2. The van der Waals surface area contributed by atoms with Gasteiger partial charge < -0.3 is 0 Å². The summed E-state index contributed by atoms with van der Waals surface area (Å²) in [6, 6.07) is 13.6. The SMILES string of the molecule is CCc1ccc(/C=C2\SC(=O)N(Cc3ccc([N+](=O)[O-])cc3)C2=O)cc1. The summed E-state index contributed by atoms with van der Waals surface area (Å²) in [7, 11) is 0. The van der Waals surface area contributed by atoms with Crippen LogP contribution in [0.15, 0.2) is 53.4 Å². The fourth-order valence-corrected chi connectivity index (χ4v) is 3.38. The van der Waals surface area contributed by atoms with Crippen molar-refractivity contribution in [3.63, 3.8) is 0 Å². The minimum absolute atomic E-state index is 0.0293. The van der Waals surface area contributed by atoms with E-state index in [9.17, 15) is 19.7 Å². The Kier molecular flexibility index (Phi) is 5.18. The molecule has 1 fully saturated rings. The highest BCUT2D eigenvalue weighted by molar-refractivity contribution is 8.18. The maximum Gasteiger partial charge on any atom is 0.293 e. The van der Waals surface area contributed by atoms with E-state index in [0.717, 1.165) is 28.6 Å². The molecule has 7 heteroatoms. The number of aryl methyl sites for hydroxylation is 1. The molecular formula is C19H16N2O4S. The zero-order valence-corrected chi connectivity index (χ0v) is 14.9. The van der Waals surface area contributed by atoms with Crippen LogP contribution in [0, 0.1) is 10.1 Å². The van der Waals surface area contributed by atoms with Crippen molar-refractivity contribution in [3.05, 3.63) is 80.2 Å². The molecule has 0 spiro atoms. The van der Waals surface area contributed by atoms with Crippen molar-refractivity contribution >= 4 is 34.7 Å². The van der Waals surface area contributed by atoms with E-state index in [2.05, 4.69) is 6.92 Å². The Labute approximate surface area is 154 Å². The Bertz CT molecular complexity index is 889. The molecule has 1 heterocycles. The van der Waals surface area contributed by atoms with E-state index < -0.39 is 4.92 Å². The first-order valence-corrected chi connectivity index (χ1v) is 8.87. The number of thioether (sulfide) groups is 1. The van der Waals surface area contributed by atoms with Crippen LogP contribution in [-0.2, 0) is 17.8 Å². The van der Waals surface area contributed by atoms with Gasteiger partial charge in [-0.3, -0.25) is 24.6 Å². The standard InChI is InChI=1S/C19H16N2O4S/c1-2-13-3-5-14(6-4-13)11-17-18(22)20(19(23)26-17)12-15-7-9-16(10-8-15)21(24)25/h3-11H,2,12H2,1H3/b17-11-. The molecular weight excluding hydrogens is 352 g/mol. The molecule has 0 aromatic heterocycles. The smallest absolute Gasteiger partial charge is 0.268 e. The van der Waals surface area contributed by atoms with E-state index in [-0.39, 0.29) is 23.4 Å². The molecule has 0 radical (unpaired) electrons. The van der Waals surface area contributed by atoms with Crippen molar-refractivity contribution in [1.29, 1.82) is 0 Å². The lowest BCUT2D eigenvalue weighted by molar-refractivity contribution is -0.384. The summed E-state index contributed by atoms with van der Waals surface area (Å²) in [5, 5.41) is 10.4. The second-order valence-corrected chi connectivity index (χ2v) is 6.78. The van der Waals surface area contributed by atoms with E-state index in [4.69, 9.17) is 0 Å². The molecule has 0 atom stereocenters. The number of amides is 2. The summed E-state index contributed by atoms with van der Waals surface area (Å²) in [5.74, 6) is -0.349. The predicted octanol–water partition coefficient (Wildman–Crippen LogP) is 4.39. The van der Waals surface area contributed by atoms with E-state index in [0.29, 0.717) is 10.5 Å². The Morgan fingerprint density at radius 2 is 1.65 bits per heavy atom. The number of imide groups is 1. The highest BCUT2D eigenvalue weighted by atomic mass is 32.2. The van der Waals surface area contributed by atoms with E-state index >= 15 is 0 Å². The zero-order valence-electron chi connectivity index (χ0n) is 14.0. The first-order chi connectivity index (χ1) is 12.5. The number of nitro benzene ring substituents is 1. The maximum atomic E-state index is 12.5. The third-order valence-electron chi connectivity index (χ3n) is 4.05. The largest absolute Gasteiger partial charge is 0.293 e. The van der Waals surface area contributed by atoms with Gasteiger partial charge in [-0.1, -0.05) is 43.3 Å². The summed E-state index contributed by atoms with van der Waals surface area (Å²) in [6.45, 7) is 2.16. The molecule has 132 valence electrons. The van der Waals surface area contributed by atoms with Gasteiger partial charge in [0.25, 0.3) is 16.8 Å². The molecule has 3 rings (SSSR count). The lowest BCUT2D eigenvalue weighted by Gasteiger charge is -2.12. The zero-order chi connectivity index (χ0) is 18.7. The van der Waals surface area contributed by atoms with Crippen LogP contribution in [0.3, 0.4) is 0 Å². The minimum atomic E-state index is -0.490. The normalized spacial score (nSPS) is 15.7. The third-order valence-corrected chi connectivity index (χ3v) is 4.95. The topological polar surface area (TPSA) is 80.5 Å². The van der Waals surface area contributed by atoms with Crippen molar-refractivity contribution < 1.29 is 14.5 Å². The van der Waals surface area contributed by atoms with Gasteiger partial charge in [-0.15, -0.1) is 0 Å². The minimum Gasteiger partial charge on any atom is -0.268 e. The number of hydrogen-bond acceptors (Lipinski definition) is 5. The van der Waals surface area contributed by atoms with Crippen LogP contribution >= 0.6 is 11.8 Å². The predicted molar refractivity (Wildman–Crippen MR) is 100 cm³/mol. The number of non-ortho nitro benzene ring substituents is 1. The molecule has 0 unspecified atom stereocenters. The van der Waals surface area contributed by atoms with E-state index in [1.165, 1.54) is 17.7 Å². The second-order valence-electron chi connectivity index (χ2n) is 5.79. The maximum absolute atomic E-state index is 12.5. The Morgan fingerprint density at radius 3 is 2.23 bits per heavy atom. The summed E-state index contributed by atoms with van der Waals surface area (Å²) in [5.41, 5.74) is 2.70. The summed E-state index contributed by atoms with van der Waals surface area (Å²) < 4.78 is 0. The second kappa shape index (κ2) is 7.53. The molecule has 2 amide bonds. The van der Waals surface area contributed by atoms with Crippen molar-refractivity contribution in [2.75, 3.05) is 0 Å². The van der Waals surface area contributed by atoms with Crippen LogP contribution < -0.4 is 0 Å². The van der Waals surface area contributed by atoms with Crippen LogP contribution in [-0.4, -0.2) is 21.0 Å². The van der Waals surface area contributed by atoms with E-state index in [1.807, 2.05) is 24.3 Å². The Hall–Kier alpha value is -2.93. The highest BCUT2D eigenvalue weighted by Gasteiger charge is 2.35. The summed E-state index contributed by atoms with van der Waals surface area (Å²) >= 11 is 0.904. The van der Waals surface area contributed by atoms with Gasteiger partial charge in [-0.2, -0.15) is 0 Å². The van der Waals surface area contributed by atoms with Crippen LogP contribution in [0.2, 0.25) is 0 Å². The molecule has 1 aliphatic rings. The van der Waals surface area contributed by atoms with Gasteiger partial charge in [0.15, 0.2) is 0 Å². The fraction of sp³-hybridized carbons (Fsp3) is 0.158. The lowest BCUT2D eigenvalue weighted by atomic mass is 10.1. The number of hydrogen-bond donors (Lipinski definition) is 0. The third kappa shape index (κ3) is 3.83. The molecule has 1 saturated heterocycles. The average molecular weight is 368 g/mol. The monoisotopic (exact) mass is 368 g/mol. The summed E-state index contributed by atoms with van der Waals surface area (Å²) in [4.78, 5) is 36.4. The number of carbonyl (C=O) groups excluding carboxylic acids is 2. The average Bonchev–Trinajstić information content (AvgIpc) is 2.90. The highest BCUT2D eigenvalue weighted by Crippen LogP contribution is 2.33. The number of carbonyl (C=O) groups is 2. The molecule has 2 aromatic rings. The quantitative estimate of drug-likeness (QED) is 0.444. The van der Waals surface area contributed by atoms with Gasteiger partial charge >= 0.3 is 0 Å². The molecule has 0 aliphatic carbocycles. The van der Waals surface area contributed by atoms with Crippen molar-refractivity contribution in [1.82, 2.24) is 4.90 Å². The van der Waals surface area contributed by atoms with Gasteiger partial charge in [-0.25, -0.2) is 0 Å². The Balaban J connectivity index is 1.75. The molecule has 1 aliphatic heterocycles. The summed E-state index contributed by atoms with van der Waals surface area (Å²) in [6.07, 6.45) is 2.65. The number of rotatable bonds is 5. The lowest BCUT2D eigenvalue weighted by Crippen LogP contribution is -2.27. The number of nitro groups is 1. The first-order valence-electron chi connectivity index (χ1n) is 8.05. The van der Waals surface area contributed by atoms with Gasteiger partial charge in [-0.05, 0) is 40.9 Å². The van der Waals surface area contributed by atoms with Crippen LogP contribution in [0.1, 0.15) is 23.6 Å². The van der Waals surface area contributed by atoms with Gasteiger partial charge in [0, 0.05) is 12.1 Å². The number of nitrogens with zero attached hydrogens (tertiary/aromatic N) is 2. The van der Waals surface area contributed by atoms with Crippen LogP contribution in [0.4, 0.5) is 10.5 Å². The van der Waals surface area contributed by atoms with Gasteiger partial charge in [0.2, 0.25) is 0 Å². The molecule has 2 aromatic carbocycles. The van der Waals surface area contributed by atoms with Crippen molar-refractivity contribution in [2.24, 2.45) is 0 Å². The molecule has 26 heavy (non-hydrogen) atoms. The van der Waals surface area contributed by atoms with Crippen LogP contribution in [0.5, 0.6) is 0 Å².